The number of nitrogens with two attached hydrogens (primary N) is 1. The molecule has 114 valence electrons. The van der Waals surface area contributed by atoms with Crippen molar-refractivity contribution >= 4 is 23.9 Å². The number of carbonyl (C=O) groups is 4. The maximum atomic E-state index is 9.55. The van der Waals surface area contributed by atoms with Crippen LogP contribution in [0.15, 0.2) is 24.3 Å². The highest BCUT2D eigenvalue weighted by atomic mass is 16.4. The second-order valence-electron chi connectivity index (χ2n) is 3.26. The van der Waals surface area contributed by atoms with E-state index in [0.29, 0.717) is 30.3 Å². The fraction of sp³-hybridized carbons (Fsp3) is 0.273. The first-order chi connectivity index (χ1) is 8.98. The SMILES string of the molecule is CC(C)N.O=C(O)C=CC(=O)O.O=C(O)C=CC(=O)O. The Hall–Kier alpha value is -2.68. The number of aliphatic carboxylic acids is 4. The third kappa shape index (κ3) is 58.6. The highest BCUT2D eigenvalue weighted by molar-refractivity contribution is 5.90. The molecule has 0 rings (SSSR count). The smallest absolute Gasteiger partial charge is 0.328 e. The molecule has 0 aliphatic rings. The molecule has 0 bridgehead atoms. The molecule has 0 saturated carbocycles. The second kappa shape index (κ2) is 14.4. The zero-order chi connectivity index (χ0) is 16.7. The number of carboxylic acids is 4. The first-order valence-electron chi connectivity index (χ1n) is 5.02. The van der Waals surface area contributed by atoms with Crippen molar-refractivity contribution < 1.29 is 39.6 Å². The highest BCUT2D eigenvalue weighted by Crippen LogP contribution is 1.71. The molecular weight excluding hydrogens is 274 g/mol. The van der Waals surface area contributed by atoms with Gasteiger partial charge >= 0.3 is 23.9 Å². The Balaban J connectivity index is -0.000000230. The lowest BCUT2D eigenvalue weighted by atomic mass is 10.5. The van der Waals surface area contributed by atoms with E-state index in [9.17, 15) is 19.2 Å². The first kappa shape index (κ1) is 22.5. The molecular formula is C11H17NO8. The van der Waals surface area contributed by atoms with Gasteiger partial charge in [0, 0.05) is 24.3 Å². The molecule has 6 N–H and O–H groups in total. The predicted molar refractivity (Wildman–Crippen MR) is 68.1 cm³/mol. The third-order valence-electron chi connectivity index (χ3n) is 0.737. The van der Waals surface area contributed by atoms with Gasteiger partial charge in [0.15, 0.2) is 0 Å². The zero-order valence-corrected chi connectivity index (χ0v) is 10.9. The summed E-state index contributed by atoms with van der Waals surface area (Å²) in [5.74, 6) is -5.03. The van der Waals surface area contributed by atoms with Crippen LogP contribution in [-0.2, 0) is 19.2 Å². The molecule has 20 heavy (non-hydrogen) atoms. The van der Waals surface area contributed by atoms with E-state index in [1.807, 2.05) is 13.8 Å². The Bertz CT molecular complexity index is 315. The molecule has 0 heterocycles. The molecule has 0 atom stereocenters. The molecule has 0 unspecified atom stereocenters. The zero-order valence-electron chi connectivity index (χ0n) is 10.9. The van der Waals surface area contributed by atoms with E-state index in [1.54, 1.807) is 0 Å². The topological polar surface area (TPSA) is 175 Å². The number of hydrogen-bond donors (Lipinski definition) is 5. The van der Waals surface area contributed by atoms with E-state index < -0.39 is 23.9 Å². The van der Waals surface area contributed by atoms with Crippen molar-refractivity contribution in [3.63, 3.8) is 0 Å². The van der Waals surface area contributed by atoms with Gasteiger partial charge in [0.1, 0.15) is 0 Å². The van der Waals surface area contributed by atoms with Crippen LogP contribution in [0.5, 0.6) is 0 Å². The fourth-order valence-corrected chi connectivity index (χ4v) is 0.285. The van der Waals surface area contributed by atoms with E-state index >= 15 is 0 Å². The van der Waals surface area contributed by atoms with Crippen LogP contribution in [0.4, 0.5) is 0 Å². The van der Waals surface area contributed by atoms with E-state index in [2.05, 4.69) is 0 Å². The first-order valence-corrected chi connectivity index (χ1v) is 5.02. The Morgan fingerprint density at radius 3 is 0.850 bits per heavy atom. The van der Waals surface area contributed by atoms with Crippen LogP contribution in [0.2, 0.25) is 0 Å². The normalized spacial score (nSPS) is 9.40. The van der Waals surface area contributed by atoms with E-state index in [0.717, 1.165) is 0 Å². The van der Waals surface area contributed by atoms with Crippen LogP contribution in [0.3, 0.4) is 0 Å². The summed E-state index contributed by atoms with van der Waals surface area (Å²) in [7, 11) is 0. The van der Waals surface area contributed by atoms with Gasteiger partial charge in [0.05, 0.1) is 0 Å². The highest BCUT2D eigenvalue weighted by Gasteiger charge is 1.88. The monoisotopic (exact) mass is 291 g/mol. The van der Waals surface area contributed by atoms with Crippen molar-refractivity contribution in [3.8, 4) is 0 Å². The lowest BCUT2D eigenvalue weighted by Crippen LogP contribution is -2.06. The lowest BCUT2D eigenvalue weighted by Gasteiger charge is -1.81. The fourth-order valence-electron chi connectivity index (χ4n) is 0.285. The van der Waals surface area contributed by atoms with Crippen LogP contribution in [0.25, 0.3) is 0 Å². The Morgan fingerprint density at radius 1 is 0.700 bits per heavy atom. The average molecular weight is 291 g/mol. The maximum absolute atomic E-state index is 9.55. The van der Waals surface area contributed by atoms with Gasteiger partial charge in [-0.2, -0.15) is 0 Å². The van der Waals surface area contributed by atoms with Crippen molar-refractivity contribution in [1.82, 2.24) is 0 Å². The largest absolute Gasteiger partial charge is 0.478 e. The van der Waals surface area contributed by atoms with Gasteiger partial charge in [-0.3, -0.25) is 0 Å². The van der Waals surface area contributed by atoms with Crippen molar-refractivity contribution in [2.45, 2.75) is 19.9 Å². The van der Waals surface area contributed by atoms with Gasteiger partial charge in [-0.15, -0.1) is 0 Å². The molecule has 0 aromatic carbocycles. The van der Waals surface area contributed by atoms with E-state index in [-0.39, 0.29) is 0 Å². The predicted octanol–water partition coefficient (Wildman–Crippen LogP) is -0.223. The van der Waals surface area contributed by atoms with Gasteiger partial charge < -0.3 is 26.2 Å². The lowest BCUT2D eigenvalue weighted by molar-refractivity contribution is -0.134. The molecule has 0 aromatic heterocycles. The number of rotatable bonds is 4. The second-order valence-corrected chi connectivity index (χ2v) is 3.26. The van der Waals surface area contributed by atoms with Crippen LogP contribution in [0.1, 0.15) is 13.8 Å². The van der Waals surface area contributed by atoms with Crippen molar-refractivity contribution in [2.75, 3.05) is 0 Å². The van der Waals surface area contributed by atoms with Gasteiger partial charge in [-0.05, 0) is 6.04 Å². The summed E-state index contributed by atoms with van der Waals surface area (Å²) in [4.78, 5) is 38.2. The average Bonchev–Trinajstić information content (AvgIpc) is 2.23. The number of hydrogen-bond acceptors (Lipinski definition) is 5. The molecule has 0 aromatic rings. The van der Waals surface area contributed by atoms with Crippen LogP contribution in [0, 0.1) is 0 Å². The van der Waals surface area contributed by atoms with Crippen molar-refractivity contribution in [1.29, 1.82) is 0 Å². The quantitative estimate of drug-likeness (QED) is 0.438. The molecule has 0 aliphatic carbocycles. The Morgan fingerprint density at radius 2 is 0.800 bits per heavy atom. The Kier molecular flexibility index (Phi) is 16.2. The van der Waals surface area contributed by atoms with Crippen molar-refractivity contribution in [3.05, 3.63) is 24.3 Å². The summed E-state index contributed by atoms with van der Waals surface area (Å²) in [5.41, 5.74) is 5.11. The van der Waals surface area contributed by atoms with Crippen LogP contribution < -0.4 is 5.73 Å². The van der Waals surface area contributed by atoms with Crippen LogP contribution >= 0.6 is 0 Å². The minimum atomic E-state index is -1.26. The third-order valence-corrected chi connectivity index (χ3v) is 0.737. The Labute approximate surface area is 114 Å². The summed E-state index contributed by atoms with van der Waals surface area (Å²) in [6.07, 6.45) is 2.23. The van der Waals surface area contributed by atoms with Crippen LogP contribution in [-0.4, -0.2) is 50.3 Å². The summed E-state index contributed by atoms with van der Waals surface area (Å²) < 4.78 is 0. The standard InChI is InChI=1S/2C4H4O4.C3H9N/c2*5-3(6)1-2-4(7)8;1-3(2)4/h2*1-2H,(H,5,6)(H,7,8);3H,4H2,1-2H3. The van der Waals surface area contributed by atoms with Crippen molar-refractivity contribution in [2.24, 2.45) is 5.73 Å². The molecule has 9 heteroatoms. The summed E-state index contributed by atoms with van der Waals surface area (Å²) >= 11 is 0. The molecule has 0 fully saturated rings. The molecule has 0 saturated heterocycles. The molecule has 9 nitrogen and oxygen atoms in total. The molecule has 0 aliphatic heterocycles. The molecule has 0 amide bonds. The minimum Gasteiger partial charge on any atom is -0.478 e. The van der Waals surface area contributed by atoms with E-state index in [1.165, 1.54) is 0 Å². The minimum absolute atomic E-state index is 0.333. The summed E-state index contributed by atoms with van der Waals surface area (Å²) in [6, 6.07) is 0.333. The maximum Gasteiger partial charge on any atom is 0.328 e. The molecule has 0 spiro atoms. The van der Waals surface area contributed by atoms with Gasteiger partial charge in [0.25, 0.3) is 0 Å². The van der Waals surface area contributed by atoms with Gasteiger partial charge in [0.2, 0.25) is 0 Å². The summed E-state index contributed by atoms with van der Waals surface area (Å²) in [5, 5.41) is 31.2. The van der Waals surface area contributed by atoms with Gasteiger partial charge in [-0.1, -0.05) is 13.8 Å². The van der Waals surface area contributed by atoms with Gasteiger partial charge in [-0.25, -0.2) is 19.2 Å². The number of carboxylic acid groups (broad SMARTS) is 4. The summed E-state index contributed by atoms with van der Waals surface area (Å²) in [6.45, 7) is 3.89. The van der Waals surface area contributed by atoms with E-state index in [4.69, 9.17) is 26.2 Å². The molecule has 0 radical (unpaired) electrons.